The van der Waals surface area contributed by atoms with Gasteiger partial charge in [0.15, 0.2) is 0 Å². The first kappa shape index (κ1) is 18.2. The molecule has 1 amide bonds. The average molecular weight is 341 g/mol. The molecule has 2 heterocycles. The number of nitrogens with one attached hydrogen (secondary N) is 1. The second-order valence-electron chi connectivity index (χ2n) is 6.57. The Kier molecular flexibility index (Phi) is 6.42. The molecule has 1 N–H and O–H groups in total. The Hall–Kier alpha value is -1.13. The second kappa shape index (κ2) is 8.11. The van der Waals surface area contributed by atoms with E-state index in [1.54, 1.807) is 11.0 Å². The fourth-order valence-electron chi connectivity index (χ4n) is 3.69. The van der Waals surface area contributed by atoms with Crippen molar-refractivity contribution in [3.63, 3.8) is 0 Å². The van der Waals surface area contributed by atoms with Crippen molar-refractivity contribution in [2.45, 2.75) is 44.9 Å². The van der Waals surface area contributed by atoms with E-state index < -0.39 is 0 Å². The molecule has 128 valence electrons. The Bertz CT molecular complexity index is 529. The summed E-state index contributed by atoms with van der Waals surface area (Å²) in [6.45, 7) is 5.35. The SMILES string of the molecule is Cc1cc(C2CCNCC2)cc(F)c1C(=O)N1CCCCC1.Cl. The van der Waals surface area contributed by atoms with Gasteiger partial charge in [0.05, 0.1) is 5.56 Å². The van der Waals surface area contributed by atoms with Crippen LogP contribution in [-0.4, -0.2) is 37.0 Å². The van der Waals surface area contributed by atoms with Gasteiger partial charge in [-0.2, -0.15) is 0 Å². The number of carbonyl (C=O) groups is 1. The van der Waals surface area contributed by atoms with Crippen LogP contribution >= 0.6 is 12.4 Å². The fourth-order valence-corrected chi connectivity index (χ4v) is 3.69. The van der Waals surface area contributed by atoms with Crippen molar-refractivity contribution < 1.29 is 9.18 Å². The van der Waals surface area contributed by atoms with Crippen molar-refractivity contribution in [2.24, 2.45) is 0 Å². The number of halogens is 2. The Morgan fingerprint density at radius 3 is 2.43 bits per heavy atom. The number of likely N-dealkylation sites (tertiary alicyclic amines) is 1. The van der Waals surface area contributed by atoms with Gasteiger partial charge >= 0.3 is 0 Å². The summed E-state index contributed by atoms with van der Waals surface area (Å²) in [5, 5.41) is 3.33. The topological polar surface area (TPSA) is 32.3 Å². The van der Waals surface area contributed by atoms with Crippen LogP contribution < -0.4 is 5.32 Å². The van der Waals surface area contributed by atoms with E-state index in [1.165, 1.54) is 6.42 Å². The standard InChI is InChI=1S/C18H25FN2O.ClH/c1-13-11-15(14-5-7-20-8-6-14)12-16(19)17(13)18(22)21-9-3-2-4-10-21;/h11-12,14,20H,2-10H2,1H3;1H. The van der Waals surface area contributed by atoms with Crippen LogP contribution in [0, 0.1) is 12.7 Å². The predicted molar refractivity (Wildman–Crippen MR) is 93.0 cm³/mol. The van der Waals surface area contributed by atoms with Crippen LogP contribution in [0.25, 0.3) is 0 Å². The number of carbonyl (C=O) groups excluding carboxylic acids is 1. The molecule has 1 aromatic carbocycles. The normalized spacial score (nSPS) is 19.3. The lowest BCUT2D eigenvalue weighted by molar-refractivity contribution is 0.0718. The molecule has 2 aliphatic heterocycles. The highest BCUT2D eigenvalue weighted by molar-refractivity contribution is 5.96. The summed E-state index contributed by atoms with van der Waals surface area (Å²) in [4.78, 5) is 14.4. The molecule has 2 fully saturated rings. The minimum atomic E-state index is -0.343. The van der Waals surface area contributed by atoms with Crippen molar-refractivity contribution in [2.75, 3.05) is 26.2 Å². The van der Waals surface area contributed by atoms with E-state index in [1.807, 2.05) is 13.0 Å². The molecule has 2 saturated heterocycles. The summed E-state index contributed by atoms with van der Waals surface area (Å²) in [5.41, 5.74) is 2.11. The van der Waals surface area contributed by atoms with Crippen molar-refractivity contribution in [3.05, 3.63) is 34.6 Å². The fraction of sp³-hybridized carbons (Fsp3) is 0.611. The van der Waals surface area contributed by atoms with Crippen molar-refractivity contribution in [1.82, 2.24) is 10.2 Å². The Balaban J connectivity index is 0.00000192. The maximum atomic E-state index is 14.6. The zero-order valence-electron chi connectivity index (χ0n) is 13.7. The lowest BCUT2D eigenvalue weighted by Crippen LogP contribution is -2.36. The molecular formula is C18H26ClFN2O. The predicted octanol–water partition coefficient (Wildman–Crippen LogP) is 3.65. The third kappa shape index (κ3) is 4.04. The first-order valence-corrected chi connectivity index (χ1v) is 8.47. The third-order valence-corrected chi connectivity index (χ3v) is 4.98. The molecule has 0 spiro atoms. The van der Waals surface area contributed by atoms with E-state index >= 15 is 0 Å². The minimum absolute atomic E-state index is 0. The number of hydrogen-bond acceptors (Lipinski definition) is 2. The molecule has 5 heteroatoms. The first-order valence-electron chi connectivity index (χ1n) is 8.47. The molecule has 0 atom stereocenters. The zero-order valence-corrected chi connectivity index (χ0v) is 14.6. The van der Waals surface area contributed by atoms with Gasteiger partial charge in [0.25, 0.3) is 5.91 Å². The molecule has 0 radical (unpaired) electrons. The monoisotopic (exact) mass is 340 g/mol. The maximum Gasteiger partial charge on any atom is 0.257 e. The van der Waals surface area contributed by atoms with Gasteiger partial charge in [-0.15, -0.1) is 12.4 Å². The van der Waals surface area contributed by atoms with Crippen molar-refractivity contribution in [1.29, 1.82) is 0 Å². The Morgan fingerprint density at radius 2 is 1.83 bits per heavy atom. The van der Waals surface area contributed by atoms with Crippen LogP contribution in [0.2, 0.25) is 0 Å². The molecule has 0 aliphatic carbocycles. The molecule has 0 aromatic heterocycles. The average Bonchev–Trinajstić information content (AvgIpc) is 2.55. The van der Waals surface area contributed by atoms with Crippen LogP contribution in [0.4, 0.5) is 4.39 Å². The lowest BCUT2D eigenvalue weighted by atomic mass is 9.88. The molecule has 3 rings (SSSR count). The summed E-state index contributed by atoms with van der Waals surface area (Å²) in [7, 11) is 0. The van der Waals surface area contributed by atoms with Crippen LogP contribution in [-0.2, 0) is 0 Å². The molecule has 0 bridgehead atoms. The molecule has 0 unspecified atom stereocenters. The third-order valence-electron chi connectivity index (χ3n) is 4.98. The van der Waals surface area contributed by atoms with Crippen LogP contribution in [0.3, 0.4) is 0 Å². The highest BCUT2D eigenvalue weighted by Crippen LogP contribution is 2.29. The molecule has 23 heavy (non-hydrogen) atoms. The number of piperidine rings is 2. The van der Waals surface area contributed by atoms with Gasteiger partial charge < -0.3 is 10.2 Å². The summed E-state index contributed by atoms with van der Waals surface area (Å²) in [6, 6.07) is 3.62. The van der Waals surface area contributed by atoms with Crippen LogP contribution in [0.5, 0.6) is 0 Å². The van der Waals surface area contributed by atoms with Crippen molar-refractivity contribution >= 4 is 18.3 Å². The number of aryl methyl sites for hydroxylation is 1. The van der Waals surface area contributed by atoms with E-state index in [2.05, 4.69) is 5.32 Å². The number of nitrogens with zero attached hydrogens (tertiary/aromatic N) is 1. The van der Waals surface area contributed by atoms with Gasteiger partial charge in [-0.05, 0) is 75.2 Å². The second-order valence-corrected chi connectivity index (χ2v) is 6.57. The van der Waals surface area contributed by atoms with Crippen molar-refractivity contribution in [3.8, 4) is 0 Å². The number of rotatable bonds is 2. The lowest BCUT2D eigenvalue weighted by Gasteiger charge is -2.28. The zero-order chi connectivity index (χ0) is 15.5. The van der Waals surface area contributed by atoms with E-state index in [0.717, 1.165) is 63.0 Å². The number of hydrogen-bond donors (Lipinski definition) is 1. The van der Waals surface area contributed by atoms with Gasteiger partial charge in [-0.1, -0.05) is 6.07 Å². The van der Waals surface area contributed by atoms with E-state index in [4.69, 9.17) is 0 Å². The highest BCUT2D eigenvalue weighted by Gasteiger charge is 2.25. The summed E-state index contributed by atoms with van der Waals surface area (Å²) >= 11 is 0. The smallest absolute Gasteiger partial charge is 0.257 e. The van der Waals surface area contributed by atoms with Gasteiger partial charge in [-0.3, -0.25) is 4.79 Å². The number of amides is 1. The first-order chi connectivity index (χ1) is 10.7. The summed E-state index contributed by atoms with van der Waals surface area (Å²) in [6.07, 6.45) is 5.30. The quantitative estimate of drug-likeness (QED) is 0.891. The molecule has 2 aliphatic rings. The molecule has 3 nitrogen and oxygen atoms in total. The summed E-state index contributed by atoms with van der Waals surface area (Å²) < 4.78 is 14.6. The Morgan fingerprint density at radius 1 is 1.17 bits per heavy atom. The maximum absolute atomic E-state index is 14.6. The Labute approximate surface area is 144 Å². The van der Waals surface area contributed by atoms with Crippen LogP contribution in [0.15, 0.2) is 12.1 Å². The van der Waals surface area contributed by atoms with E-state index in [9.17, 15) is 9.18 Å². The van der Waals surface area contributed by atoms with Gasteiger partial charge in [0, 0.05) is 13.1 Å². The van der Waals surface area contributed by atoms with E-state index in [0.29, 0.717) is 5.92 Å². The number of benzene rings is 1. The molecule has 1 aromatic rings. The van der Waals surface area contributed by atoms with Gasteiger partial charge in [-0.25, -0.2) is 4.39 Å². The summed E-state index contributed by atoms with van der Waals surface area (Å²) in [5.74, 6) is -0.0655. The highest BCUT2D eigenvalue weighted by atomic mass is 35.5. The molecule has 0 saturated carbocycles. The van der Waals surface area contributed by atoms with Crippen LogP contribution in [0.1, 0.15) is 59.5 Å². The minimum Gasteiger partial charge on any atom is -0.339 e. The van der Waals surface area contributed by atoms with E-state index in [-0.39, 0.29) is 29.7 Å². The largest absolute Gasteiger partial charge is 0.339 e. The molecular weight excluding hydrogens is 315 g/mol. The van der Waals surface area contributed by atoms with Gasteiger partial charge in [0.2, 0.25) is 0 Å². The van der Waals surface area contributed by atoms with Gasteiger partial charge in [0.1, 0.15) is 5.82 Å².